The fraction of sp³-hybridized carbons (Fsp3) is 0.294. The van der Waals surface area contributed by atoms with Gasteiger partial charge in [-0.2, -0.15) is 0 Å². The summed E-state index contributed by atoms with van der Waals surface area (Å²) in [7, 11) is 1.59. The van der Waals surface area contributed by atoms with E-state index in [0.717, 1.165) is 11.3 Å². The highest BCUT2D eigenvalue weighted by Gasteiger charge is 2.31. The lowest BCUT2D eigenvalue weighted by Gasteiger charge is -2.14. The second-order valence-electron chi connectivity index (χ2n) is 5.44. The topological polar surface area (TPSA) is 87.7 Å². The van der Waals surface area contributed by atoms with Gasteiger partial charge in [-0.25, -0.2) is 0 Å². The molecule has 1 aromatic carbocycles. The Hall–Kier alpha value is -2.39. The van der Waals surface area contributed by atoms with Gasteiger partial charge in [0.05, 0.1) is 12.0 Å². The van der Waals surface area contributed by atoms with Crippen molar-refractivity contribution in [1.29, 1.82) is 0 Å². The first kappa shape index (κ1) is 19.9. The number of thioether (sulfide) groups is 1. The van der Waals surface area contributed by atoms with Gasteiger partial charge < -0.3 is 4.74 Å². The minimum Gasteiger partial charge on any atom is -0.497 e. The molecule has 1 aliphatic heterocycles. The predicted molar refractivity (Wildman–Crippen MR) is 104 cm³/mol. The molecule has 3 amide bonds. The molecule has 1 saturated heterocycles. The summed E-state index contributed by atoms with van der Waals surface area (Å²) in [6.07, 6.45) is 2.39. The van der Waals surface area contributed by atoms with Crippen LogP contribution in [0.1, 0.15) is 25.3 Å². The Labute approximate surface area is 161 Å². The SMILES string of the molecule is COc1ccc(C=C2SC(=S)N(CCCC(=O)NNC(C)=O)C2=O)cc1. The lowest BCUT2D eigenvalue weighted by atomic mass is 10.2. The predicted octanol–water partition coefficient (Wildman–Crippen LogP) is 1.84. The van der Waals surface area contributed by atoms with E-state index < -0.39 is 0 Å². The van der Waals surface area contributed by atoms with Crippen LogP contribution in [0, 0.1) is 0 Å². The van der Waals surface area contributed by atoms with Crippen LogP contribution < -0.4 is 15.6 Å². The van der Waals surface area contributed by atoms with E-state index in [0.29, 0.717) is 22.2 Å². The molecule has 0 atom stereocenters. The number of hydrogen-bond donors (Lipinski definition) is 2. The van der Waals surface area contributed by atoms with Crippen LogP contribution in [0.4, 0.5) is 0 Å². The number of hydrazine groups is 1. The van der Waals surface area contributed by atoms with Gasteiger partial charge in [0.1, 0.15) is 10.1 Å². The zero-order chi connectivity index (χ0) is 19.1. The molecule has 0 spiro atoms. The molecular weight excluding hydrogens is 374 g/mol. The summed E-state index contributed by atoms with van der Waals surface area (Å²) < 4.78 is 5.58. The molecule has 0 aliphatic carbocycles. The highest BCUT2D eigenvalue weighted by atomic mass is 32.2. The first-order valence-corrected chi connectivity index (χ1v) is 9.08. The second-order valence-corrected chi connectivity index (χ2v) is 7.12. The van der Waals surface area contributed by atoms with Crippen LogP contribution in [0.3, 0.4) is 0 Å². The second kappa shape index (κ2) is 9.35. The van der Waals surface area contributed by atoms with E-state index in [9.17, 15) is 14.4 Å². The molecule has 2 N–H and O–H groups in total. The van der Waals surface area contributed by atoms with E-state index in [2.05, 4.69) is 10.9 Å². The van der Waals surface area contributed by atoms with Crippen LogP contribution in [0.25, 0.3) is 6.08 Å². The summed E-state index contributed by atoms with van der Waals surface area (Å²) in [6, 6.07) is 7.36. The third-order valence-electron chi connectivity index (χ3n) is 3.45. The molecule has 0 saturated carbocycles. The molecule has 1 heterocycles. The summed E-state index contributed by atoms with van der Waals surface area (Å²) in [4.78, 5) is 36.8. The molecule has 0 unspecified atom stereocenters. The number of carbonyl (C=O) groups is 3. The van der Waals surface area contributed by atoms with Gasteiger partial charge >= 0.3 is 0 Å². The van der Waals surface area contributed by atoms with Crippen LogP contribution in [-0.4, -0.2) is 40.6 Å². The minimum atomic E-state index is -0.348. The molecule has 0 radical (unpaired) electrons. The average Bonchev–Trinajstić information content (AvgIpc) is 2.88. The van der Waals surface area contributed by atoms with E-state index in [-0.39, 0.29) is 24.1 Å². The smallest absolute Gasteiger partial charge is 0.266 e. The molecule has 9 heteroatoms. The number of nitrogens with one attached hydrogen (secondary N) is 2. The maximum Gasteiger partial charge on any atom is 0.266 e. The fourth-order valence-corrected chi connectivity index (χ4v) is 3.47. The number of benzene rings is 1. The fourth-order valence-electron chi connectivity index (χ4n) is 2.16. The summed E-state index contributed by atoms with van der Waals surface area (Å²) >= 11 is 6.50. The van der Waals surface area contributed by atoms with E-state index in [1.165, 1.54) is 23.6 Å². The van der Waals surface area contributed by atoms with Gasteiger partial charge in [0, 0.05) is 19.9 Å². The van der Waals surface area contributed by atoms with Crippen molar-refractivity contribution in [2.24, 2.45) is 0 Å². The van der Waals surface area contributed by atoms with Gasteiger partial charge in [-0.15, -0.1) is 0 Å². The Bertz CT molecular complexity index is 747. The Kier molecular flexibility index (Phi) is 7.16. The summed E-state index contributed by atoms with van der Waals surface area (Å²) in [5, 5.41) is 0. The summed E-state index contributed by atoms with van der Waals surface area (Å²) in [5.74, 6) is -0.0938. The average molecular weight is 393 g/mol. The zero-order valence-corrected chi connectivity index (χ0v) is 16.0. The van der Waals surface area contributed by atoms with Gasteiger partial charge in [-0.05, 0) is 30.2 Å². The van der Waals surface area contributed by atoms with Crippen molar-refractivity contribution in [2.75, 3.05) is 13.7 Å². The summed E-state index contributed by atoms with van der Waals surface area (Å²) in [5.41, 5.74) is 5.37. The van der Waals surface area contributed by atoms with Crippen molar-refractivity contribution in [1.82, 2.24) is 15.8 Å². The summed E-state index contributed by atoms with van der Waals surface area (Å²) in [6.45, 7) is 1.65. The number of amides is 3. The van der Waals surface area contributed by atoms with Gasteiger partial charge in [0.2, 0.25) is 11.8 Å². The van der Waals surface area contributed by atoms with Gasteiger partial charge in [0.25, 0.3) is 5.91 Å². The van der Waals surface area contributed by atoms with E-state index >= 15 is 0 Å². The molecule has 138 valence electrons. The molecular formula is C17H19N3O4S2. The van der Waals surface area contributed by atoms with Gasteiger partial charge in [-0.3, -0.25) is 30.1 Å². The maximum atomic E-state index is 12.5. The molecule has 1 aliphatic rings. The lowest BCUT2D eigenvalue weighted by molar-refractivity contribution is -0.128. The Morgan fingerprint density at radius 3 is 2.58 bits per heavy atom. The van der Waals surface area contributed by atoms with E-state index in [1.807, 2.05) is 24.3 Å². The van der Waals surface area contributed by atoms with Crippen LogP contribution in [0.5, 0.6) is 5.75 Å². The Morgan fingerprint density at radius 2 is 1.96 bits per heavy atom. The van der Waals surface area contributed by atoms with Crippen molar-refractivity contribution in [3.8, 4) is 5.75 Å². The van der Waals surface area contributed by atoms with E-state index in [4.69, 9.17) is 17.0 Å². The number of hydrogen-bond acceptors (Lipinski definition) is 6. The highest BCUT2D eigenvalue weighted by Crippen LogP contribution is 2.32. The normalized spacial score (nSPS) is 15.3. The highest BCUT2D eigenvalue weighted by molar-refractivity contribution is 8.26. The largest absolute Gasteiger partial charge is 0.497 e. The van der Waals surface area contributed by atoms with Crippen molar-refractivity contribution >= 4 is 52.1 Å². The number of methoxy groups -OCH3 is 1. The quantitative estimate of drug-likeness (QED) is 0.436. The molecule has 2 rings (SSSR count). The van der Waals surface area contributed by atoms with Crippen LogP contribution in [0.15, 0.2) is 29.2 Å². The Morgan fingerprint density at radius 1 is 1.27 bits per heavy atom. The van der Waals surface area contributed by atoms with Crippen molar-refractivity contribution in [3.63, 3.8) is 0 Å². The van der Waals surface area contributed by atoms with Gasteiger partial charge in [-0.1, -0.05) is 36.1 Å². The van der Waals surface area contributed by atoms with Crippen molar-refractivity contribution < 1.29 is 19.1 Å². The molecule has 1 aromatic rings. The first-order chi connectivity index (χ1) is 12.4. The number of ether oxygens (including phenoxy) is 1. The molecule has 7 nitrogen and oxygen atoms in total. The number of carbonyl (C=O) groups excluding carboxylic acids is 3. The van der Waals surface area contributed by atoms with E-state index in [1.54, 1.807) is 13.2 Å². The zero-order valence-electron chi connectivity index (χ0n) is 14.4. The molecule has 26 heavy (non-hydrogen) atoms. The monoisotopic (exact) mass is 393 g/mol. The molecule has 1 fully saturated rings. The molecule has 0 aromatic heterocycles. The maximum absolute atomic E-state index is 12.5. The van der Waals surface area contributed by atoms with Gasteiger partial charge in [0.15, 0.2) is 0 Å². The van der Waals surface area contributed by atoms with Crippen LogP contribution in [-0.2, 0) is 14.4 Å². The standard InChI is InChI=1S/C17H19N3O4S2/c1-11(21)18-19-15(22)4-3-9-20-16(23)14(26-17(20)25)10-12-5-7-13(24-2)8-6-12/h5-8,10H,3-4,9H2,1-2H3,(H,18,21)(H,19,22). The van der Waals surface area contributed by atoms with Crippen LogP contribution >= 0.6 is 24.0 Å². The third kappa shape index (κ3) is 5.57. The minimum absolute atomic E-state index is 0.168. The third-order valence-corrected chi connectivity index (χ3v) is 4.83. The first-order valence-electron chi connectivity index (χ1n) is 7.85. The van der Waals surface area contributed by atoms with Crippen molar-refractivity contribution in [3.05, 3.63) is 34.7 Å². The number of nitrogens with zero attached hydrogens (tertiary/aromatic N) is 1. The number of thiocarbonyl (C=S) groups is 1. The Balaban J connectivity index is 1.90. The van der Waals surface area contributed by atoms with Crippen LogP contribution in [0.2, 0.25) is 0 Å². The molecule has 0 bridgehead atoms. The lowest BCUT2D eigenvalue weighted by Crippen LogP contribution is -2.40. The number of rotatable bonds is 6. The van der Waals surface area contributed by atoms with Crippen molar-refractivity contribution in [2.45, 2.75) is 19.8 Å².